The lowest BCUT2D eigenvalue weighted by Crippen LogP contribution is -2.59. The van der Waals surface area contributed by atoms with Gasteiger partial charge in [-0.2, -0.15) is 0 Å². The highest BCUT2D eigenvalue weighted by atomic mass is 127. The summed E-state index contributed by atoms with van der Waals surface area (Å²) in [4.78, 5) is 30.3. The molecule has 3 aliphatic rings. The van der Waals surface area contributed by atoms with Crippen LogP contribution in [0.3, 0.4) is 0 Å². The quantitative estimate of drug-likeness (QED) is 0.202. The van der Waals surface area contributed by atoms with Crippen molar-refractivity contribution in [2.45, 2.75) is 38.1 Å². The smallest absolute Gasteiger partial charge is 0.176 e. The maximum atomic E-state index is 14.2. The second-order valence-corrected chi connectivity index (χ2v) is 13.6. The van der Waals surface area contributed by atoms with Gasteiger partial charge in [-0.05, 0) is 129 Å². The minimum Gasteiger partial charge on any atom is -0.353 e. The first kappa shape index (κ1) is 26.1. The molecular formula is C35H27I2NO2. The van der Waals surface area contributed by atoms with E-state index in [1.54, 1.807) is 13.8 Å². The first-order valence-electron chi connectivity index (χ1n) is 13.5. The summed E-state index contributed by atoms with van der Waals surface area (Å²) >= 11 is 4.76. The van der Waals surface area contributed by atoms with Crippen molar-refractivity contribution in [1.29, 1.82) is 0 Å². The molecule has 1 atom stereocenters. The van der Waals surface area contributed by atoms with Gasteiger partial charge in [0.25, 0.3) is 0 Å². The number of carbonyl (C=O) groups is 2. The van der Waals surface area contributed by atoms with Gasteiger partial charge in [-0.1, -0.05) is 66.2 Å². The molecule has 198 valence electrons. The van der Waals surface area contributed by atoms with Crippen molar-refractivity contribution in [1.82, 2.24) is 4.90 Å². The fraction of sp³-hybridized carbons (Fsp3) is 0.200. The molecule has 0 radical (unpaired) electrons. The minimum absolute atomic E-state index is 0.0555. The number of hydrogen-bond donors (Lipinski definition) is 0. The maximum Gasteiger partial charge on any atom is 0.176 e. The Morgan fingerprint density at radius 3 is 1.93 bits per heavy atom. The van der Waals surface area contributed by atoms with Crippen molar-refractivity contribution in [3.63, 3.8) is 0 Å². The van der Waals surface area contributed by atoms with E-state index in [0.29, 0.717) is 17.8 Å². The molecule has 0 amide bonds. The molecule has 2 aliphatic heterocycles. The average molecular weight is 747 g/mol. The molecule has 7 rings (SSSR count). The molecule has 0 N–H and O–H groups in total. The number of aryl methyl sites for hydroxylation is 1. The van der Waals surface area contributed by atoms with Gasteiger partial charge in [-0.3, -0.25) is 9.59 Å². The lowest BCUT2D eigenvalue weighted by Gasteiger charge is -2.55. The number of halogens is 2. The van der Waals surface area contributed by atoms with Crippen molar-refractivity contribution in [3.8, 4) is 11.1 Å². The Kier molecular flexibility index (Phi) is 5.95. The van der Waals surface area contributed by atoms with Gasteiger partial charge >= 0.3 is 0 Å². The Balaban J connectivity index is 1.81. The Labute approximate surface area is 262 Å². The van der Waals surface area contributed by atoms with Crippen molar-refractivity contribution in [3.05, 3.63) is 137 Å². The van der Waals surface area contributed by atoms with Crippen LogP contribution in [0.2, 0.25) is 0 Å². The SMILES string of the molecule is CC(=O)C1=C(C(C)=O)C2(c3cc(I)ccc3-c3ccc(I)cc32)C2(c3ccc(C)cc3)c3ccccc3CCN12. The Bertz CT molecular complexity index is 1750. The van der Waals surface area contributed by atoms with E-state index in [2.05, 4.69) is 142 Å². The second kappa shape index (κ2) is 9.11. The molecule has 0 fully saturated rings. The zero-order chi connectivity index (χ0) is 28.0. The number of nitrogens with zero attached hydrogens (tertiary/aromatic N) is 1. The van der Waals surface area contributed by atoms with Crippen molar-refractivity contribution >= 4 is 56.7 Å². The van der Waals surface area contributed by atoms with E-state index >= 15 is 0 Å². The van der Waals surface area contributed by atoms with Crippen molar-refractivity contribution < 1.29 is 9.59 Å². The highest BCUT2D eigenvalue weighted by Gasteiger charge is 2.71. The molecule has 2 heterocycles. The zero-order valence-corrected chi connectivity index (χ0v) is 26.8. The number of benzene rings is 4. The summed E-state index contributed by atoms with van der Waals surface area (Å²) in [5.74, 6) is -0.121. The van der Waals surface area contributed by atoms with Crippen LogP contribution < -0.4 is 0 Å². The van der Waals surface area contributed by atoms with Gasteiger partial charge in [0.1, 0.15) is 5.54 Å². The molecule has 0 saturated heterocycles. The summed E-state index contributed by atoms with van der Waals surface area (Å²) in [6.45, 7) is 6.02. The molecule has 1 aliphatic carbocycles. The van der Waals surface area contributed by atoms with Gasteiger partial charge < -0.3 is 4.90 Å². The first-order chi connectivity index (χ1) is 19.2. The monoisotopic (exact) mass is 747 g/mol. The number of allylic oxidation sites excluding steroid dienone is 1. The molecule has 3 nitrogen and oxygen atoms in total. The third kappa shape index (κ3) is 3.16. The Morgan fingerprint density at radius 2 is 1.35 bits per heavy atom. The van der Waals surface area contributed by atoms with Gasteiger partial charge in [0, 0.05) is 26.2 Å². The van der Waals surface area contributed by atoms with Gasteiger partial charge in [0.05, 0.1) is 11.1 Å². The van der Waals surface area contributed by atoms with E-state index < -0.39 is 11.0 Å². The highest BCUT2D eigenvalue weighted by molar-refractivity contribution is 14.1. The van der Waals surface area contributed by atoms with Gasteiger partial charge in [0.2, 0.25) is 0 Å². The molecule has 0 saturated carbocycles. The van der Waals surface area contributed by atoms with E-state index in [9.17, 15) is 9.59 Å². The normalized spacial score (nSPS) is 19.8. The number of fused-ring (bicyclic) bond motifs is 9. The zero-order valence-electron chi connectivity index (χ0n) is 22.5. The predicted molar refractivity (Wildman–Crippen MR) is 175 cm³/mol. The molecule has 1 unspecified atom stereocenters. The molecule has 4 aromatic rings. The fourth-order valence-corrected chi connectivity index (χ4v) is 8.84. The minimum atomic E-state index is -0.918. The summed E-state index contributed by atoms with van der Waals surface area (Å²) in [7, 11) is 0. The summed E-state index contributed by atoms with van der Waals surface area (Å²) in [5, 5.41) is 0. The third-order valence-electron chi connectivity index (χ3n) is 9.06. The number of rotatable bonds is 3. The van der Waals surface area contributed by atoms with Gasteiger partial charge in [-0.25, -0.2) is 0 Å². The summed E-state index contributed by atoms with van der Waals surface area (Å²) in [5.41, 5.74) is 8.57. The first-order valence-corrected chi connectivity index (χ1v) is 15.7. The number of hydrogen-bond acceptors (Lipinski definition) is 3. The van der Waals surface area contributed by atoms with Crippen LogP contribution in [0.1, 0.15) is 47.2 Å². The maximum absolute atomic E-state index is 14.2. The lowest BCUT2D eigenvalue weighted by atomic mass is 9.54. The van der Waals surface area contributed by atoms with E-state index in [1.165, 1.54) is 11.1 Å². The van der Waals surface area contributed by atoms with Gasteiger partial charge in [0.15, 0.2) is 11.6 Å². The predicted octanol–water partition coefficient (Wildman–Crippen LogP) is 7.72. The molecule has 4 aromatic carbocycles. The topological polar surface area (TPSA) is 37.4 Å². The standard InChI is InChI=1S/C35H27I2NO2/c1-20-8-10-24(11-9-20)35-29-7-5-4-6-23(29)16-17-38(35)33(22(3)40)32(21(2)39)34(35)30-18-25(36)12-14-27(30)28-15-13-26(37)19-31(28)34/h4-15,18-19H,16-17H2,1-3H3. The Morgan fingerprint density at radius 1 is 0.750 bits per heavy atom. The lowest BCUT2D eigenvalue weighted by molar-refractivity contribution is -0.117. The molecule has 5 heteroatoms. The van der Waals surface area contributed by atoms with Crippen LogP contribution >= 0.6 is 45.2 Å². The fourth-order valence-electron chi connectivity index (χ4n) is 7.86. The van der Waals surface area contributed by atoms with Crippen LogP contribution in [0.5, 0.6) is 0 Å². The van der Waals surface area contributed by atoms with E-state index in [1.807, 2.05) is 0 Å². The number of carbonyl (C=O) groups excluding carboxylic acids is 2. The van der Waals surface area contributed by atoms with Gasteiger partial charge in [-0.15, -0.1) is 0 Å². The molecule has 0 aromatic heterocycles. The molecular weight excluding hydrogens is 720 g/mol. The summed E-state index contributed by atoms with van der Waals surface area (Å²) < 4.78 is 2.21. The van der Waals surface area contributed by atoms with Crippen LogP contribution in [0.15, 0.2) is 96.2 Å². The van der Waals surface area contributed by atoms with Crippen LogP contribution in [0.25, 0.3) is 11.1 Å². The summed E-state index contributed by atoms with van der Waals surface area (Å²) in [6, 6.07) is 30.6. The Hall–Kier alpha value is -2.78. The number of Topliss-reactive ketones (excluding diaryl/α,β-unsaturated/α-hetero) is 2. The molecule has 0 bridgehead atoms. The summed E-state index contributed by atoms with van der Waals surface area (Å²) in [6.07, 6.45) is 0.806. The molecule has 40 heavy (non-hydrogen) atoms. The number of ketones is 2. The highest BCUT2D eigenvalue weighted by Crippen LogP contribution is 2.70. The van der Waals surface area contributed by atoms with Crippen LogP contribution in [-0.4, -0.2) is 23.0 Å². The van der Waals surface area contributed by atoms with E-state index in [0.717, 1.165) is 46.9 Å². The van der Waals surface area contributed by atoms with Crippen LogP contribution in [0.4, 0.5) is 0 Å². The van der Waals surface area contributed by atoms with Crippen LogP contribution in [0, 0.1) is 14.1 Å². The third-order valence-corrected chi connectivity index (χ3v) is 10.4. The second-order valence-electron chi connectivity index (χ2n) is 11.1. The van der Waals surface area contributed by atoms with E-state index in [-0.39, 0.29) is 11.6 Å². The van der Waals surface area contributed by atoms with E-state index in [4.69, 9.17) is 0 Å². The average Bonchev–Trinajstić information content (AvgIpc) is 3.38. The van der Waals surface area contributed by atoms with Crippen molar-refractivity contribution in [2.75, 3.05) is 6.54 Å². The largest absolute Gasteiger partial charge is 0.353 e. The van der Waals surface area contributed by atoms with Crippen molar-refractivity contribution in [2.24, 2.45) is 0 Å². The van der Waals surface area contributed by atoms with Crippen LogP contribution in [-0.2, 0) is 27.0 Å². The molecule has 1 spiro atoms.